The van der Waals surface area contributed by atoms with Gasteiger partial charge in [-0.2, -0.15) is 5.10 Å². The first-order chi connectivity index (χ1) is 17.7. The van der Waals surface area contributed by atoms with Gasteiger partial charge in [0.1, 0.15) is 18.1 Å². The van der Waals surface area contributed by atoms with Crippen LogP contribution in [0.3, 0.4) is 0 Å². The van der Waals surface area contributed by atoms with Crippen LogP contribution in [0.5, 0.6) is 5.75 Å². The SMILES string of the molecule is CN1CCN(c2ccc(-c3cnc4[nH]nc(-c5cccc(OCc6ccccc6)c5)c4c3)cc2)CC1. The van der Waals surface area contributed by atoms with E-state index in [0.29, 0.717) is 6.61 Å². The molecule has 1 aliphatic heterocycles. The number of pyridine rings is 1. The van der Waals surface area contributed by atoms with Gasteiger partial charge in [-0.05, 0) is 48.5 Å². The first kappa shape index (κ1) is 22.3. The van der Waals surface area contributed by atoms with E-state index < -0.39 is 0 Å². The van der Waals surface area contributed by atoms with Gasteiger partial charge < -0.3 is 14.5 Å². The zero-order valence-electron chi connectivity index (χ0n) is 20.4. The van der Waals surface area contributed by atoms with Crippen molar-refractivity contribution in [1.29, 1.82) is 0 Å². The number of likely N-dealkylation sites (N-methyl/N-ethyl adjacent to an activating group) is 1. The summed E-state index contributed by atoms with van der Waals surface area (Å²) in [5, 5.41) is 8.67. The highest BCUT2D eigenvalue weighted by Crippen LogP contribution is 2.32. The molecule has 0 spiro atoms. The molecular weight excluding hydrogens is 446 g/mol. The lowest BCUT2D eigenvalue weighted by Crippen LogP contribution is -2.44. The van der Waals surface area contributed by atoms with Crippen molar-refractivity contribution < 1.29 is 4.74 Å². The predicted molar refractivity (Wildman–Crippen MR) is 145 cm³/mol. The molecule has 1 aliphatic rings. The summed E-state index contributed by atoms with van der Waals surface area (Å²) in [7, 11) is 2.18. The number of hydrogen-bond donors (Lipinski definition) is 1. The summed E-state index contributed by atoms with van der Waals surface area (Å²) < 4.78 is 6.04. The average Bonchev–Trinajstić information content (AvgIpc) is 3.37. The molecule has 36 heavy (non-hydrogen) atoms. The lowest BCUT2D eigenvalue weighted by Gasteiger charge is -2.34. The molecule has 5 aromatic rings. The number of aromatic nitrogens is 3. The van der Waals surface area contributed by atoms with Crippen LogP contribution >= 0.6 is 0 Å². The number of H-pyrrole nitrogens is 1. The van der Waals surface area contributed by atoms with Crippen LogP contribution in [-0.2, 0) is 6.61 Å². The molecule has 0 amide bonds. The summed E-state index contributed by atoms with van der Waals surface area (Å²) in [6, 6.07) is 29.2. The van der Waals surface area contributed by atoms with E-state index in [1.165, 1.54) is 5.69 Å². The molecule has 0 unspecified atom stereocenters. The van der Waals surface area contributed by atoms with Crippen molar-refractivity contribution in [2.45, 2.75) is 6.61 Å². The molecule has 0 aliphatic carbocycles. The minimum atomic E-state index is 0.529. The van der Waals surface area contributed by atoms with Crippen LogP contribution in [0.1, 0.15) is 5.56 Å². The van der Waals surface area contributed by atoms with Gasteiger partial charge in [-0.15, -0.1) is 0 Å². The molecule has 6 nitrogen and oxygen atoms in total. The Balaban J connectivity index is 1.24. The number of rotatable bonds is 6. The van der Waals surface area contributed by atoms with Crippen LogP contribution in [-0.4, -0.2) is 53.3 Å². The predicted octanol–water partition coefficient (Wildman–Crippen LogP) is 5.62. The van der Waals surface area contributed by atoms with Crippen molar-refractivity contribution in [3.8, 4) is 28.1 Å². The van der Waals surface area contributed by atoms with Crippen LogP contribution in [0.25, 0.3) is 33.4 Å². The zero-order valence-corrected chi connectivity index (χ0v) is 20.4. The monoisotopic (exact) mass is 475 g/mol. The summed E-state index contributed by atoms with van der Waals surface area (Å²) in [4.78, 5) is 9.48. The first-order valence-electron chi connectivity index (χ1n) is 12.4. The third kappa shape index (κ3) is 4.68. The summed E-state index contributed by atoms with van der Waals surface area (Å²) in [5.41, 5.74) is 7.28. The van der Waals surface area contributed by atoms with Gasteiger partial charge in [-0.1, -0.05) is 54.6 Å². The summed E-state index contributed by atoms with van der Waals surface area (Å²) in [5.74, 6) is 0.816. The van der Waals surface area contributed by atoms with Gasteiger partial charge >= 0.3 is 0 Å². The molecule has 0 saturated carbocycles. The smallest absolute Gasteiger partial charge is 0.155 e. The lowest BCUT2D eigenvalue weighted by molar-refractivity contribution is 0.306. The summed E-state index contributed by atoms with van der Waals surface area (Å²) in [6.07, 6.45) is 1.91. The van der Waals surface area contributed by atoms with Crippen LogP contribution < -0.4 is 9.64 Å². The maximum Gasteiger partial charge on any atom is 0.155 e. The van der Waals surface area contributed by atoms with Crippen molar-refractivity contribution in [2.24, 2.45) is 0 Å². The summed E-state index contributed by atoms with van der Waals surface area (Å²) >= 11 is 0. The maximum atomic E-state index is 6.04. The maximum absolute atomic E-state index is 6.04. The van der Waals surface area contributed by atoms with E-state index in [2.05, 4.69) is 80.6 Å². The molecule has 1 fully saturated rings. The van der Waals surface area contributed by atoms with E-state index in [1.54, 1.807) is 0 Å². The highest BCUT2D eigenvalue weighted by Gasteiger charge is 2.15. The van der Waals surface area contributed by atoms with Crippen LogP contribution in [0.4, 0.5) is 5.69 Å². The number of piperazine rings is 1. The van der Waals surface area contributed by atoms with E-state index in [4.69, 9.17) is 4.74 Å². The molecule has 3 aromatic carbocycles. The second kappa shape index (κ2) is 9.84. The van der Waals surface area contributed by atoms with Crippen molar-refractivity contribution >= 4 is 16.7 Å². The standard InChI is InChI=1S/C30H29N5O/c1-34-14-16-35(17-15-34)26-12-10-23(11-13-26)25-19-28-29(32-33-30(28)31-20-25)24-8-5-9-27(18-24)36-21-22-6-3-2-4-7-22/h2-13,18-20H,14-17,21H2,1H3,(H,31,32,33). The fourth-order valence-electron chi connectivity index (χ4n) is 4.68. The van der Waals surface area contributed by atoms with Crippen molar-refractivity contribution in [2.75, 3.05) is 38.1 Å². The molecule has 180 valence electrons. The zero-order chi connectivity index (χ0) is 24.3. The number of aromatic amines is 1. The van der Waals surface area contributed by atoms with Gasteiger partial charge in [0, 0.05) is 54.6 Å². The molecule has 6 rings (SSSR count). The summed E-state index contributed by atoms with van der Waals surface area (Å²) in [6.45, 7) is 4.86. The third-order valence-electron chi connectivity index (χ3n) is 6.84. The Morgan fingerprint density at radius 3 is 2.42 bits per heavy atom. The normalized spacial score (nSPS) is 14.3. The Labute approximate surface area is 211 Å². The number of fused-ring (bicyclic) bond motifs is 1. The largest absolute Gasteiger partial charge is 0.489 e. The Morgan fingerprint density at radius 1 is 0.806 bits per heavy atom. The topological polar surface area (TPSA) is 57.3 Å². The van der Waals surface area contributed by atoms with E-state index in [0.717, 1.165) is 70.9 Å². The molecule has 6 heteroatoms. The quantitative estimate of drug-likeness (QED) is 0.345. The molecule has 1 N–H and O–H groups in total. The first-order valence-corrected chi connectivity index (χ1v) is 12.4. The van der Waals surface area contributed by atoms with Crippen molar-refractivity contribution in [1.82, 2.24) is 20.1 Å². The number of nitrogens with zero attached hydrogens (tertiary/aromatic N) is 4. The fraction of sp³-hybridized carbons (Fsp3) is 0.200. The Kier molecular flexibility index (Phi) is 6.10. The minimum Gasteiger partial charge on any atom is -0.489 e. The van der Waals surface area contributed by atoms with Gasteiger partial charge in [0.15, 0.2) is 5.65 Å². The van der Waals surface area contributed by atoms with E-state index in [-0.39, 0.29) is 0 Å². The molecule has 0 atom stereocenters. The Morgan fingerprint density at radius 2 is 1.61 bits per heavy atom. The fourth-order valence-corrected chi connectivity index (χ4v) is 4.68. The molecule has 2 aromatic heterocycles. The van der Waals surface area contributed by atoms with Crippen LogP contribution in [0.15, 0.2) is 91.1 Å². The van der Waals surface area contributed by atoms with Gasteiger partial charge in [-0.25, -0.2) is 4.98 Å². The van der Waals surface area contributed by atoms with Crippen molar-refractivity contribution in [3.63, 3.8) is 0 Å². The molecule has 1 saturated heterocycles. The Bertz CT molecular complexity index is 1450. The van der Waals surface area contributed by atoms with E-state index in [1.807, 2.05) is 42.6 Å². The second-order valence-electron chi connectivity index (χ2n) is 9.33. The molecule has 0 bridgehead atoms. The van der Waals surface area contributed by atoms with Gasteiger partial charge in [-0.3, -0.25) is 5.10 Å². The number of nitrogens with one attached hydrogen (secondary N) is 1. The highest BCUT2D eigenvalue weighted by molar-refractivity contribution is 5.93. The van der Waals surface area contributed by atoms with Gasteiger partial charge in [0.25, 0.3) is 0 Å². The van der Waals surface area contributed by atoms with Crippen molar-refractivity contribution in [3.05, 3.63) is 96.7 Å². The van der Waals surface area contributed by atoms with E-state index >= 15 is 0 Å². The van der Waals surface area contributed by atoms with Gasteiger partial charge in [0.05, 0.1) is 0 Å². The molecule has 0 radical (unpaired) electrons. The second-order valence-corrected chi connectivity index (χ2v) is 9.33. The number of ether oxygens (including phenoxy) is 1. The number of hydrogen-bond acceptors (Lipinski definition) is 5. The number of benzene rings is 3. The Hall–Kier alpha value is -4.16. The number of anilines is 1. The van der Waals surface area contributed by atoms with E-state index in [9.17, 15) is 0 Å². The van der Waals surface area contributed by atoms with Gasteiger partial charge in [0.2, 0.25) is 0 Å². The van der Waals surface area contributed by atoms with Crippen LogP contribution in [0, 0.1) is 0 Å². The van der Waals surface area contributed by atoms with Crippen LogP contribution in [0.2, 0.25) is 0 Å². The molecule has 3 heterocycles. The lowest BCUT2D eigenvalue weighted by atomic mass is 10.0. The molecular formula is C30H29N5O. The average molecular weight is 476 g/mol. The third-order valence-corrected chi connectivity index (χ3v) is 6.84. The minimum absolute atomic E-state index is 0.529. The highest BCUT2D eigenvalue weighted by atomic mass is 16.5.